The largest absolute Gasteiger partial charge is 0.394 e. The molecule has 0 aliphatic carbocycles. The van der Waals surface area contributed by atoms with Crippen LogP contribution in [-0.4, -0.2) is 193 Å². The Labute approximate surface area is 671 Å². The molecule has 3 aliphatic rings. The summed E-state index contributed by atoms with van der Waals surface area (Å²) >= 11 is 0. The van der Waals surface area contributed by atoms with Crippen LogP contribution in [0.25, 0.3) is 0 Å². The van der Waals surface area contributed by atoms with Crippen molar-refractivity contribution in [3.63, 3.8) is 0 Å². The van der Waals surface area contributed by atoms with Crippen LogP contribution in [0.3, 0.4) is 0 Å². The second kappa shape index (κ2) is 70.4. The van der Waals surface area contributed by atoms with E-state index in [0.717, 1.165) is 103 Å². The Hall–Kier alpha value is -3.81. The summed E-state index contributed by atoms with van der Waals surface area (Å²) in [6, 6.07) is -1.00. The lowest BCUT2D eigenvalue weighted by molar-refractivity contribution is -0.379. The van der Waals surface area contributed by atoms with Crippen LogP contribution in [0.5, 0.6) is 0 Å². The van der Waals surface area contributed by atoms with E-state index in [2.05, 4.69) is 129 Å². The Morgan fingerprint density at radius 1 is 0.333 bits per heavy atom. The Bertz CT molecular complexity index is 2480. The minimum atomic E-state index is -1.99. The molecule has 111 heavy (non-hydrogen) atoms. The number of allylic oxidation sites excluding steroid dienone is 19. The Balaban J connectivity index is 1.36. The van der Waals surface area contributed by atoms with Crippen LogP contribution >= 0.6 is 0 Å². The number of ether oxygens (including phenoxy) is 6. The van der Waals surface area contributed by atoms with Crippen molar-refractivity contribution in [2.24, 2.45) is 0 Å². The van der Waals surface area contributed by atoms with E-state index >= 15 is 0 Å². The fourth-order valence-corrected chi connectivity index (χ4v) is 14.2. The molecule has 0 saturated carbocycles. The summed E-state index contributed by atoms with van der Waals surface area (Å²) < 4.78 is 34.5. The molecule has 3 rings (SSSR count). The molecule has 0 radical (unpaired) electrons. The van der Waals surface area contributed by atoms with E-state index in [1.165, 1.54) is 186 Å². The summed E-state index contributed by atoms with van der Waals surface area (Å²) in [5, 5.41) is 121. The molecule has 0 aromatic heterocycles. The summed E-state index contributed by atoms with van der Waals surface area (Å²) in [4.78, 5) is 13.5. The van der Waals surface area contributed by atoms with E-state index in [1.54, 1.807) is 6.08 Å². The molecular formula is C92H159NO18. The summed E-state index contributed by atoms with van der Waals surface area (Å²) in [5.41, 5.74) is 0. The number of carbonyl (C=O) groups excluding carboxylic acids is 1. The molecule has 19 heteroatoms. The molecule has 17 atom stereocenters. The van der Waals surface area contributed by atoms with Crippen LogP contribution in [-0.2, 0) is 33.2 Å². The molecule has 0 spiro atoms. The van der Waals surface area contributed by atoms with E-state index in [1.807, 2.05) is 6.08 Å². The van der Waals surface area contributed by atoms with E-state index in [9.17, 15) is 61.0 Å². The summed E-state index contributed by atoms with van der Waals surface area (Å²) in [6.45, 7) is 1.63. The van der Waals surface area contributed by atoms with Gasteiger partial charge < -0.3 is 89.9 Å². The topological polar surface area (TPSA) is 307 Å². The first-order chi connectivity index (χ1) is 54.3. The van der Waals surface area contributed by atoms with Crippen LogP contribution in [0.2, 0.25) is 0 Å². The van der Waals surface area contributed by atoms with Crippen molar-refractivity contribution < 1.29 is 89.4 Å². The molecule has 1 amide bonds. The molecule has 0 bridgehead atoms. The fraction of sp³-hybridized carbons (Fsp3) is 0.772. The van der Waals surface area contributed by atoms with Gasteiger partial charge in [-0.15, -0.1) is 0 Å². The molecule has 3 aliphatic heterocycles. The van der Waals surface area contributed by atoms with E-state index < -0.39 is 124 Å². The lowest BCUT2D eigenvalue weighted by atomic mass is 9.96. The molecular weight excluding hydrogens is 1410 g/mol. The van der Waals surface area contributed by atoms with Gasteiger partial charge in [-0.05, 0) is 96.3 Å². The van der Waals surface area contributed by atoms with E-state index in [0.29, 0.717) is 12.8 Å². The quantitative estimate of drug-likeness (QED) is 0.0199. The minimum Gasteiger partial charge on any atom is -0.394 e. The summed E-state index contributed by atoms with van der Waals surface area (Å²) in [5.74, 6) is -0.292. The van der Waals surface area contributed by atoms with Crippen LogP contribution in [0.15, 0.2) is 122 Å². The van der Waals surface area contributed by atoms with Gasteiger partial charge in [-0.25, -0.2) is 0 Å². The van der Waals surface area contributed by atoms with Crippen molar-refractivity contribution in [3.05, 3.63) is 122 Å². The zero-order valence-electron chi connectivity index (χ0n) is 68.9. The maximum atomic E-state index is 13.5. The normalized spacial score (nSPS) is 25.6. The van der Waals surface area contributed by atoms with Gasteiger partial charge >= 0.3 is 0 Å². The maximum Gasteiger partial charge on any atom is 0.220 e. The highest BCUT2D eigenvalue weighted by Crippen LogP contribution is 2.33. The Morgan fingerprint density at radius 3 is 1.01 bits per heavy atom. The average Bonchev–Trinajstić information content (AvgIpc) is 0.780. The van der Waals surface area contributed by atoms with Gasteiger partial charge in [0.05, 0.1) is 38.6 Å². The van der Waals surface area contributed by atoms with Gasteiger partial charge in [0, 0.05) is 6.42 Å². The van der Waals surface area contributed by atoms with Crippen molar-refractivity contribution in [2.45, 2.75) is 426 Å². The number of amides is 1. The predicted octanol–water partition coefficient (Wildman–Crippen LogP) is 16.6. The Morgan fingerprint density at radius 2 is 0.631 bits per heavy atom. The second-order valence-corrected chi connectivity index (χ2v) is 31.0. The highest BCUT2D eigenvalue weighted by atomic mass is 16.8. The van der Waals surface area contributed by atoms with Crippen molar-refractivity contribution in [1.29, 1.82) is 0 Å². The number of aliphatic hydroxyl groups excluding tert-OH is 11. The minimum absolute atomic E-state index is 0.223. The smallest absolute Gasteiger partial charge is 0.220 e. The van der Waals surface area contributed by atoms with Gasteiger partial charge in [-0.1, -0.05) is 341 Å². The molecule has 640 valence electrons. The third-order valence-electron chi connectivity index (χ3n) is 21.2. The van der Waals surface area contributed by atoms with Crippen LogP contribution in [0, 0.1) is 0 Å². The Kier molecular flexibility index (Phi) is 64.3. The number of unbranched alkanes of at least 4 members (excludes halogenated alkanes) is 36. The van der Waals surface area contributed by atoms with Crippen molar-refractivity contribution >= 4 is 5.91 Å². The van der Waals surface area contributed by atoms with Gasteiger partial charge in [0.15, 0.2) is 18.9 Å². The molecule has 3 saturated heterocycles. The van der Waals surface area contributed by atoms with Crippen molar-refractivity contribution in [3.8, 4) is 0 Å². The van der Waals surface area contributed by atoms with Crippen LogP contribution in [0.4, 0.5) is 0 Å². The molecule has 19 nitrogen and oxygen atoms in total. The van der Waals surface area contributed by atoms with Crippen LogP contribution < -0.4 is 5.32 Å². The van der Waals surface area contributed by atoms with Gasteiger partial charge in [0.25, 0.3) is 0 Å². The van der Waals surface area contributed by atoms with Gasteiger partial charge in [0.1, 0.15) is 73.2 Å². The van der Waals surface area contributed by atoms with Gasteiger partial charge in [-0.2, -0.15) is 0 Å². The second-order valence-electron chi connectivity index (χ2n) is 31.0. The van der Waals surface area contributed by atoms with Crippen molar-refractivity contribution in [2.75, 3.05) is 26.4 Å². The van der Waals surface area contributed by atoms with Crippen LogP contribution in [0.1, 0.15) is 322 Å². The monoisotopic (exact) mass is 1570 g/mol. The third kappa shape index (κ3) is 49.1. The SMILES string of the molecule is CC/C=C\C/C=C\C/C=C\C/C=C\C/C=C\C/C=C\C/C=C\C/C=C\CCCCCCCCCCCCC(=O)NC(COC1OC(CO)C(OC2OC(CO)C(OC3OC(CO)C(O)C(O)C3O)C(O)C2O)C(O)C1O)C(O)/C=C/CC/C=C/CCCCCCCCCCCCCCCCCCCCCCCCCCC. The predicted molar refractivity (Wildman–Crippen MR) is 447 cm³/mol. The molecule has 3 fully saturated rings. The maximum absolute atomic E-state index is 13.5. The summed E-state index contributed by atoms with van der Waals surface area (Å²) in [7, 11) is 0. The lowest BCUT2D eigenvalue weighted by Gasteiger charge is -2.48. The molecule has 12 N–H and O–H groups in total. The third-order valence-corrected chi connectivity index (χ3v) is 21.2. The van der Waals surface area contributed by atoms with Gasteiger partial charge in [0.2, 0.25) is 5.91 Å². The fourth-order valence-electron chi connectivity index (χ4n) is 14.2. The van der Waals surface area contributed by atoms with E-state index in [-0.39, 0.29) is 18.9 Å². The van der Waals surface area contributed by atoms with E-state index in [4.69, 9.17) is 28.4 Å². The number of hydrogen-bond acceptors (Lipinski definition) is 18. The van der Waals surface area contributed by atoms with Crippen molar-refractivity contribution in [1.82, 2.24) is 5.32 Å². The zero-order valence-corrected chi connectivity index (χ0v) is 68.9. The number of carbonyl (C=O) groups is 1. The highest BCUT2D eigenvalue weighted by Gasteiger charge is 2.54. The number of aliphatic hydroxyl groups is 11. The number of nitrogens with one attached hydrogen (secondary N) is 1. The van der Waals surface area contributed by atoms with Gasteiger partial charge in [-0.3, -0.25) is 4.79 Å². The first kappa shape index (κ1) is 101. The first-order valence-corrected chi connectivity index (χ1v) is 44.3. The molecule has 0 aromatic rings. The lowest BCUT2D eigenvalue weighted by Crippen LogP contribution is -2.66. The number of hydrogen-bond donors (Lipinski definition) is 12. The standard InChI is InChI=1S/C92H159NO18/c1-3-5-7-9-11-13-15-17-19-21-23-25-27-29-31-33-35-36-37-38-40-42-44-46-48-50-52-54-56-58-60-62-64-66-68-70-80(98)93-75(76(97)69-67-65-63-61-59-57-55-53-51-49-47-45-43-41-39-34-32-30-28-26-24-22-20-18-16-14-12-10-8-6-4-2)74-106-90-86(104)83(101)88(78(72-95)108-90)111-92-87(105)84(102)89(79(73-96)109-92)110-91-85(103)82(100)81(99)77(71-94)107-91/h5,7,11,13,17,19,23,25,29,31,35-36,38,40,44,46,59,61,67,69,75-79,81-92,94-97,99-105H,3-4,6,8-10,12,14-16,18,20-22,24,26-28,30,32-34,37,39,41-43,45,47-58,60,62-66,68,70-74H2,1-2H3,(H,93,98)/b7-5-,13-11-,19-17-,25-23-,31-29-,36-35-,40-38-,46-44-,61-59+,69-67+. The first-order valence-electron chi connectivity index (χ1n) is 44.3. The average molecular weight is 1570 g/mol. The molecule has 3 heterocycles. The zero-order chi connectivity index (χ0) is 80.3. The highest BCUT2D eigenvalue weighted by molar-refractivity contribution is 5.76. The summed E-state index contributed by atoms with van der Waals surface area (Å²) in [6.07, 6.45) is 73.4. The number of rotatable bonds is 70. The molecule has 0 aromatic carbocycles. The molecule has 17 unspecified atom stereocenters.